The molecule has 4 heteroatoms. The molecule has 1 aromatic rings. The molecule has 0 unspecified atom stereocenters. The van der Waals surface area contributed by atoms with Crippen molar-refractivity contribution >= 4 is 21.1 Å². The van der Waals surface area contributed by atoms with Crippen LogP contribution in [0.4, 0.5) is 5.69 Å². The van der Waals surface area contributed by atoms with Crippen LogP contribution in [-0.4, -0.2) is 14.2 Å². The SMILES string of the molecule is C=C1C=CNc2ccc3c(c21)CCS3(=O)=O. The number of benzene rings is 1. The molecule has 0 fully saturated rings. The van der Waals surface area contributed by atoms with Crippen LogP contribution in [0.25, 0.3) is 5.57 Å². The van der Waals surface area contributed by atoms with Gasteiger partial charge in [-0.2, -0.15) is 0 Å². The smallest absolute Gasteiger partial charge is 0.179 e. The van der Waals surface area contributed by atoms with Crippen molar-refractivity contribution in [3.63, 3.8) is 0 Å². The fourth-order valence-electron chi connectivity index (χ4n) is 2.32. The summed E-state index contributed by atoms with van der Waals surface area (Å²) in [6.07, 6.45) is 4.28. The van der Waals surface area contributed by atoms with Gasteiger partial charge in [0, 0.05) is 17.5 Å². The second-order valence-electron chi connectivity index (χ2n) is 4.04. The van der Waals surface area contributed by atoms with Gasteiger partial charge in [0.25, 0.3) is 0 Å². The summed E-state index contributed by atoms with van der Waals surface area (Å²) in [7, 11) is -3.06. The van der Waals surface area contributed by atoms with Gasteiger partial charge >= 0.3 is 0 Å². The third kappa shape index (κ3) is 1.16. The molecule has 0 aliphatic carbocycles. The van der Waals surface area contributed by atoms with E-state index in [0.29, 0.717) is 11.3 Å². The fraction of sp³-hybridized carbons (Fsp3) is 0.167. The third-order valence-corrected chi connectivity index (χ3v) is 4.86. The topological polar surface area (TPSA) is 46.2 Å². The van der Waals surface area contributed by atoms with Crippen LogP contribution in [0, 0.1) is 0 Å². The van der Waals surface area contributed by atoms with Crippen molar-refractivity contribution < 1.29 is 8.42 Å². The van der Waals surface area contributed by atoms with E-state index in [2.05, 4.69) is 11.9 Å². The number of hydrogen-bond donors (Lipinski definition) is 1. The molecule has 0 bridgehead atoms. The summed E-state index contributed by atoms with van der Waals surface area (Å²) in [5.74, 6) is 0.218. The van der Waals surface area contributed by atoms with E-state index in [9.17, 15) is 8.42 Å². The number of nitrogens with one attached hydrogen (secondary N) is 1. The Morgan fingerprint density at radius 3 is 2.94 bits per heavy atom. The molecule has 2 heterocycles. The molecule has 3 nitrogen and oxygen atoms in total. The Bertz CT molecular complexity index is 627. The van der Waals surface area contributed by atoms with Gasteiger partial charge in [0.15, 0.2) is 9.84 Å². The van der Waals surface area contributed by atoms with Gasteiger partial charge in [0.1, 0.15) is 0 Å². The summed E-state index contributed by atoms with van der Waals surface area (Å²) in [5, 5.41) is 3.11. The third-order valence-electron chi connectivity index (χ3n) is 3.07. The second kappa shape index (κ2) is 2.98. The molecule has 2 aliphatic heterocycles. The summed E-state index contributed by atoms with van der Waals surface area (Å²) >= 11 is 0. The van der Waals surface area contributed by atoms with Crippen molar-refractivity contribution in [3.05, 3.63) is 42.1 Å². The minimum absolute atomic E-state index is 0.218. The van der Waals surface area contributed by atoms with Crippen LogP contribution in [0.1, 0.15) is 11.1 Å². The van der Waals surface area contributed by atoms with Gasteiger partial charge in [-0.15, -0.1) is 0 Å². The molecule has 2 aliphatic rings. The highest BCUT2D eigenvalue weighted by atomic mass is 32.2. The Labute approximate surface area is 94.4 Å². The zero-order valence-electron chi connectivity index (χ0n) is 8.66. The van der Waals surface area contributed by atoms with E-state index < -0.39 is 9.84 Å². The normalized spacial score (nSPS) is 20.1. The van der Waals surface area contributed by atoms with Crippen LogP contribution in [0.5, 0.6) is 0 Å². The van der Waals surface area contributed by atoms with Gasteiger partial charge in [-0.3, -0.25) is 0 Å². The molecule has 0 saturated heterocycles. The van der Waals surface area contributed by atoms with Crippen LogP contribution < -0.4 is 5.32 Å². The van der Waals surface area contributed by atoms with Gasteiger partial charge in [-0.05, 0) is 35.8 Å². The first kappa shape index (κ1) is 9.66. The molecule has 0 amide bonds. The second-order valence-corrected chi connectivity index (χ2v) is 6.11. The number of sulfone groups is 1. The lowest BCUT2D eigenvalue weighted by Crippen LogP contribution is -2.03. The maximum Gasteiger partial charge on any atom is 0.179 e. The van der Waals surface area contributed by atoms with Crippen molar-refractivity contribution in [2.45, 2.75) is 11.3 Å². The molecular formula is C12H11NO2S. The molecular weight excluding hydrogens is 222 g/mol. The Morgan fingerprint density at radius 2 is 2.12 bits per heavy atom. The van der Waals surface area contributed by atoms with Crippen molar-refractivity contribution in [1.29, 1.82) is 0 Å². The van der Waals surface area contributed by atoms with Gasteiger partial charge in [0.2, 0.25) is 0 Å². The molecule has 0 atom stereocenters. The summed E-state index contributed by atoms with van der Waals surface area (Å²) in [5.41, 5.74) is 3.70. The molecule has 82 valence electrons. The van der Waals surface area contributed by atoms with E-state index >= 15 is 0 Å². The van der Waals surface area contributed by atoms with E-state index in [1.165, 1.54) is 0 Å². The van der Waals surface area contributed by atoms with Crippen molar-refractivity contribution in [2.24, 2.45) is 0 Å². The first-order valence-corrected chi connectivity index (χ1v) is 6.76. The Balaban J connectivity index is 2.35. The first-order valence-electron chi connectivity index (χ1n) is 5.10. The number of anilines is 1. The number of hydrogen-bond acceptors (Lipinski definition) is 3. The van der Waals surface area contributed by atoms with Crippen LogP contribution in [-0.2, 0) is 16.3 Å². The first-order chi connectivity index (χ1) is 7.59. The zero-order chi connectivity index (χ0) is 11.3. The van der Waals surface area contributed by atoms with Gasteiger partial charge in [0.05, 0.1) is 10.6 Å². The van der Waals surface area contributed by atoms with Crippen LogP contribution in [0.2, 0.25) is 0 Å². The van der Waals surface area contributed by atoms with E-state index in [-0.39, 0.29) is 5.75 Å². The Morgan fingerprint density at radius 1 is 1.31 bits per heavy atom. The minimum Gasteiger partial charge on any atom is -0.361 e. The predicted molar refractivity (Wildman–Crippen MR) is 64.0 cm³/mol. The molecule has 0 saturated carbocycles. The van der Waals surface area contributed by atoms with Gasteiger partial charge in [-0.1, -0.05) is 6.58 Å². The van der Waals surface area contributed by atoms with Gasteiger partial charge < -0.3 is 5.32 Å². The van der Waals surface area contributed by atoms with Crippen molar-refractivity contribution in [3.8, 4) is 0 Å². The van der Waals surface area contributed by atoms with Crippen LogP contribution in [0.15, 0.2) is 35.9 Å². The highest BCUT2D eigenvalue weighted by molar-refractivity contribution is 7.91. The molecule has 1 N–H and O–H groups in total. The molecule has 0 radical (unpaired) electrons. The highest BCUT2D eigenvalue weighted by Gasteiger charge is 2.30. The number of rotatable bonds is 0. The maximum atomic E-state index is 11.8. The lowest BCUT2D eigenvalue weighted by Gasteiger charge is -2.17. The average molecular weight is 233 g/mol. The standard InChI is InChI=1S/C12H11NO2S/c1-8-4-6-13-10-2-3-11-9(12(8)10)5-7-16(11,14)15/h2-4,6,13H,1,5,7H2. The summed E-state index contributed by atoms with van der Waals surface area (Å²) in [6.45, 7) is 3.96. The van der Waals surface area contributed by atoms with Gasteiger partial charge in [-0.25, -0.2) is 8.42 Å². The van der Waals surface area contributed by atoms with Crippen LogP contribution >= 0.6 is 0 Å². The molecule has 16 heavy (non-hydrogen) atoms. The predicted octanol–water partition coefficient (Wildman–Crippen LogP) is 1.97. The van der Waals surface area contributed by atoms with Crippen molar-refractivity contribution in [2.75, 3.05) is 11.1 Å². The molecule has 0 spiro atoms. The molecule has 3 rings (SSSR count). The number of fused-ring (bicyclic) bond motifs is 3. The number of allylic oxidation sites excluding steroid dienone is 2. The Hall–Kier alpha value is -1.55. The fourth-order valence-corrected chi connectivity index (χ4v) is 3.86. The summed E-state index contributed by atoms with van der Waals surface area (Å²) in [4.78, 5) is 0.476. The lowest BCUT2D eigenvalue weighted by molar-refractivity contribution is 0.600. The van der Waals surface area contributed by atoms with E-state index in [4.69, 9.17) is 0 Å². The molecule has 0 aromatic heterocycles. The maximum absolute atomic E-state index is 11.8. The lowest BCUT2D eigenvalue weighted by atomic mass is 9.95. The Kier molecular flexibility index (Phi) is 1.80. The quantitative estimate of drug-likeness (QED) is 0.745. The van der Waals surface area contributed by atoms with E-state index in [1.807, 2.05) is 18.3 Å². The summed E-state index contributed by atoms with van der Waals surface area (Å²) in [6, 6.07) is 3.50. The van der Waals surface area contributed by atoms with Crippen molar-refractivity contribution in [1.82, 2.24) is 0 Å². The zero-order valence-corrected chi connectivity index (χ0v) is 9.47. The highest BCUT2D eigenvalue weighted by Crippen LogP contribution is 2.38. The minimum atomic E-state index is -3.06. The largest absolute Gasteiger partial charge is 0.361 e. The molecule has 1 aromatic carbocycles. The van der Waals surface area contributed by atoms with E-state index in [1.54, 1.807) is 6.07 Å². The van der Waals surface area contributed by atoms with E-state index in [0.717, 1.165) is 22.4 Å². The monoisotopic (exact) mass is 233 g/mol. The summed E-state index contributed by atoms with van der Waals surface area (Å²) < 4.78 is 23.6. The average Bonchev–Trinajstić information content (AvgIpc) is 2.55. The van der Waals surface area contributed by atoms with Crippen LogP contribution in [0.3, 0.4) is 0 Å².